The van der Waals surface area contributed by atoms with E-state index in [4.69, 9.17) is 5.26 Å². The first-order valence-corrected chi connectivity index (χ1v) is 6.38. The summed E-state index contributed by atoms with van der Waals surface area (Å²) in [5, 5.41) is 12.0. The van der Waals surface area contributed by atoms with E-state index in [-0.39, 0.29) is 0 Å². The molecule has 0 saturated heterocycles. The van der Waals surface area contributed by atoms with Gasteiger partial charge in [0.25, 0.3) is 5.76 Å². The fourth-order valence-electron chi connectivity index (χ4n) is 1.56. The summed E-state index contributed by atoms with van der Waals surface area (Å²) >= 11 is 0.508. The number of nitrogens with one attached hydrogen (secondary N) is 1. The van der Waals surface area contributed by atoms with Crippen LogP contribution in [-0.2, 0) is 0 Å². The van der Waals surface area contributed by atoms with E-state index < -0.39 is 5.76 Å². The van der Waals surface area contributed by atoms with Gasteiger partial charge in [-0.25, -0.2) is 0 Å². The Balaban J connectivity index is 2.13. The minimum absolute atomic E-state index is 0.508. The summed E-state index contributed by atoms with van der Waals surface area (Å²) in [6.45, 7) is 0. The van der Waals surface area contributed by atoms with Crippen molar-refractivity contribution in [3.63, 3.8) is 0 Å². The first-order valence-electron chi connectivity index (χ1n) is 5.50. The molecule has 0 fully saturated rings. The summed E-state index contributed by atoms with van der Waals surface area (Å²) in [5.41, 5.74) is 1.98. The highest BCUT2D eigenvalue weighted by molar-refractivity contribution is 7.99. The van der Waals surface area contributed by atoms with Crippen molar-refractivity contribution in [1.29, 1.82) is 5.26 Å². The summed E-state index contributed by atoms with van der Waals surface area (Å²) < 4.78 is 24.4. The number of nitrogens with zero attached hydrogens (tertiary/aromatic N) is 1. The Morgan fingerprint density at radius 3 is 2.37 bits per heavy atom. The zero-order valence-corrected chi connectivity index (χ0v) is 10.6. The van der Waals surface area contributed by atoms with Crippen molar-refractivity contribution in [3.8, 4) is 6.07 Å². The second kappa shape index (κ2) is 6.21. The third-order valence-electron chi connectivity index (χ3n) is 2.41. The molecule has 0 aromatic heterocycles. The highest BCUT2D eigenvalue weighted by atomic mass is 32.2. The Hall–Kier alpha value is -2.06. The number of rotatable bonds is 4. The number of halogens is 2. The molecule has 96 valence electrons. The predicted molar refractivity (Wildman–Crippen MR) is 72.7 cm³/mol. The molecule has 0 aliphatic carbocycles. The third kappa shape index (κ3) is 3.70. The van der Waals surface area contributed by atoms with Gasteiger partial charge in [0, 0.05) is 10.6 Å². The highest BCUT2D eigenvalue weighted by Gasteiger charge is 2.05. The SMILES string of the molecule is N#Cc1ccccc1Nc1ccc(SC(F)F)cc1. The maximum absolute atomic E-state index is 12.2. The summed E-state index contributed by atoms with van der Waals surface area (Å²) in [6, 6.07) is 15.9. The molecule has 1 N–H and O–H groups in total. The van der Waals surface area contributed by atoms with Crippen LogP contribution in [0.25, 0.3) is 0 Å². The number of hydrogen-bond donors (Lipinski definition) is 1. The minimum Gasteiger partial charge on any atom is -0.354 e. The van der Waals surface area contributed by atoms with Crippen molar-refractivity contribution in [2.24, 2.45) is 0 Å². The molecule has 0 aliphatic heterocycles. The van der Waals surface area contributed by atoms with Gasteiger partial charge in [-0.1, -0.05) is 23.9 Å². The van der Waals surface area contributed by atoms with Gasteiger partial charge in [0.1, 0.15) is 6.07 Å². The van der Waals surface area contributed by atoms with E-state index in [0.29, 0.717) is 27.9 Å². The number of anilines is 2. The average Bonchev–Trinajstić information content (AvgIpc) is 2.41. The van der Waals surface area contributed by atoms with Crippen LogP contribution in [0.5, 0.6) is 0 Å². The minimum atomic E-state index is -2.42. The Bertz CT molecular complexity index is 591. The monoisotopic (exact) mass is 276 g/mol. The van der Waals surface area contributed by atoms with Gasteiger partial charge in [-0.05, 0) is 36.4 Å². The second-order valence-corrected chi connectivity index (χ2v) is 4.75. The summed E-state index contributed by atoms with van der Waals surface area (Å²) in [5.74, 6) is -2.42. The van der Waals surface area contributed by atoms with Crippen LogP contribution in [0.3, 0.4) is 0 Å². The van der Waals surface area contributed by atoms with Crippen LogP contribution in [0, 0.1) is 11.3 Å². The van der Waals surface area contributed by atoms with E-state index in [9.17, 15) is 8.78 Å². The summed E-state index contributed by atoms with van der Waals surface area (Å²) in [6.07, 6.45) is 0. The van der Waals surface area contributed by atoms with E-state index in [1.54, 1.807) is 42.5 Å². The maximum atomic E-state index is 12.2. The Kier molecular flexibility index (Phi) is 4.37. The Morgan fingerprint density at radius 2 is 1.74 bits per heavy atom. The number of thioether (sulfide) groups is 1. The van der Waals surface area contributed by atoms with Crippen LogP contribution in [0.2, 0.25) is 0 Å². The van der Waals surface area contributed by atoms with E-state index >= 15 is 0 Å². The van der Waals surface area contributed by atoms with Crippen LogP contribution < -0.4 is 5.32 Å². The maximum Gasteiger partial charge on any atom is 0.288 e. The van der Waals surface area contributed by atoms with Gasteiger partial charge in [0.15, 0.2) is 0 Å². The van der Waals surface area contributed by atoms with E-state index in [1.165, 1.54) is 0 Å². The first kappa shape index (κ1) is 13.4. The fourth-order valence-corrected chi connectivity index (χ4v) is 2.06. The van der Waals surface area contributed by atoms with Crippen LogP contribution in [-0.4, -0.2) is 5.76 Å². The number of para-hydroxylation sites is 1. The quantitative estimate of drug-likeness (QED) is 0.828. The molecule has 2 rings (SSSR count). The molecule has 0 heterocycles. The molecule has 0 atom stereocenters. The fraction of sp³-hybridized carbons (Fsp3) is 0.0714. The zero-order valence-electron chi connectivity index (χ0n) is 9.81. The predicted octanol–water partition coefficient (Wildman–Crippen LogP) is 4.62. The third-order valence-corrected chi connectivity index (χ3v) is 3.13. The van der Waals surface area contributed by atoms with Crippen molar-refractivity contribution < 1.29 is 8.78 Å². The van der Waals surface area contributed by atoms with Crippen LogP contribution in [0.15, 0.2) is 53.4 Å². The lowest BCUT2D eigenvalue weighted by Gasteiger charge is -2.08. The van der Waals surface area contributed by atoms with Crippen LogP contribution in [0.1, 0.15) is 5.56 Å². The van der Waals surface area contributed by atoms with E-state index in [1.807, 2.05) is 6.07 Å². The number of hydrogen-bond acceptors (Lipinski definition) is 3. The first-order chi connectivity index (χ1) is 9.19. The Labute approximate surface area is 114 Å². The molecule has 2 nitrogen and oxygen atoms in total. The topological polar surface area (TPSA) is 35.8 Å². The molecular weight excluding hydrogens is 266 g/mol. The van der Waals surface area contributed by atoms with E-state index in [0.717, 1.165) is 5.69 Å². The zero-order chi connectivity index (χ0) is 13.7. The van der Waals surface area contributed by atoms with Gasteiger partial charge in [0.2, 0.25) is 0 Å². The van der Waals surface area contributed by atoms with Gasteiger partial charge in [0.05, 0.1) is 11.3 Å². The van der Waals surface area contributed by atoms with Crippen molar-refractivity contribution in [2.45, 2.75) is 10.7 Å². The lowest BCUT2D eigenvalue weighted by Crippen LogP contribution is -1.93. The molecule has 0 bridgehead atoms. The van der Waals surface area contributed by atoms with Gasteiger partial charge in [-0.15, -0.1) is 0 Å². The van der Waals surface area contributed by atoms with E-state index in [2.05, 4.69) is 11.4 Å². The lowest BCUT2D eigenvalue weighted by molar-refractivity contribution is 0.252. The molecule has 2 aromatic carbocycles. The van der Waals surface area contributed by atoms with Crippen LogP contribution in [0.4, 0.5) is 20.2 Å². The van der Waals surface area contributed by atoms with Crippen molar-refractivity contribution in [1.82, 2.24) is 0 Å². The number of nitriles is 1. The van der Waals surface area contributed by atoms with Crippen molar-refractivity contribution in [2.75, 3.05) is 5.32 Å². The lowest BCUT2D eigenvalue weighted by atomic mass is 10.2. The summed E-state index contributed by atoms with van der Waals surface area (Å²) in [4.78, 5) is 0.508. The smallest absolute Gasteiger partial charge is 0.288 e. The van der Waals surface area contributed by atoms with Gasteiger partial charge in [-0.2, -0.15) is 14.0 Å². The van der Waals surface area contributed by atoms with Gasteiger partial charge < -0.3 is 5.32 Å². The largest absolute Gasteiger partial charge is 0.354 e. The molecule has 0 aliphatic rings. The highest BCUT2D eigenvalue weighted by Crippen LogP contribution is 2.27. The van der Waals surface area contributed by atoms with Gasteiger partial charge >= 0.3 is 0 Å². The van der Waals surface area contributed by atoms with Gasteiger partial charge in [-0.3, -0.25) is 0 Å². The molecule has 0 amide bonds. The number of benzene rings is 2. The molecule has 19 heavy (non-hydrogen) atoms. The molecule has 0 unspecified atom stereocenters. The second-order valence-electron chi connectivity index (χ2n) is 3.69. The summed E-state index contributed by atoms with van der Waals surface area (Å²) in [7, 11) is 0. The molecule has 2 aromatic rings. The standard InChI is InChI=1S/C14H10F2N2S/c15-14(16)19-12-7-5-11(6-8-12)18-13-4-2-1-3-10(13)9-17/h1-8,14,18H. The van der Waals surface area contributed by atoms with Crippen molar-refractivity contribution >= 4 is 23.1 Å². The van der Waals surface area contributed by atoms with Crippen molar-refractivity contribution in [3.05, 3.63) is 54.1 Å². The molecule has 0 saturated carbocycles. The Morgan fingerprint density at radius 1 is 1.05 bits per heavy atom. The normalized spacial score (nSPS) is 10.2. The van der Waals surface area contributed by atoms with Crippen LogP contribution >= 0.6 is 11.8 Å². The molecule has 5 heteroatoms. The molecule has 0 spiro atoms. The molecule has 0 radical (unpaired) electrons. The average molecular weight is 276 g/mol. The number of alkyl halides is 2. The molecular formula is C14H10F2N2S.